The number of rotatable bonds is 6. The summed E-state index contributed by atoms with van der Waals surface area (Å²) < 4.78 is 0. The summed E-state index contributed by atoms with van der Waals surface area (Å²) in [6, 6.07) is 17.2. The molecule has 1 aliphatic rings. The molecule has 1 aliphatic carbocycles. The molecule has 150 valence electrons. The lowest BCUT2D eigenvalue weighted by Gasteiger charge is -2.30. The average Bonchev–Trinajstić information content (AvgIpc) is 3.15. The quantitative estimate of drug-likeness (QED) is 0.655. The third kappa shape index (κ3) is 4.92. The largest absolute Gasteiger partial charge is 0.326 e. The monoisotopic (exact) mass is 406 g/mol. The number of hydrogen-bond acceptors (Lipinski definition) is 3. The van der Waals surface area contributed by atoms with E-state index in [9.17, 15) is 4.79 Å². The van der Waals surface area contributed by atoms with Crippen molar-refractivity contribution in [2.75, 3.05) is 12.4 Å². The molecular weight excluding hydrogens is 378 g/mol. The zero-order valence-electron chi connectivity index (χ0n) is 17.1. The van der Waals surface area contributed by atoms with Crippen LogP contribution >= 0.6 is 11.3 Å². The maximum absolute atomic E-state index is 12.3. The normalized spacial score (nSPS) is 16.8. The van der Waals surface area contributed by atoms with Crippen molar-refractivity contribution in [2.45, 2.75) is 45.2 Å². The molecule has 4 rings (SSSR count). The number of anilines is 1. The number of fused-ring (bicyclic) bond motifs is 1. The summed E-state index contributed by atoms with van der Waals surface area (Å²) in [7, 11) is 2.26. The Morgan fingerprint density at radius 3 is 2.83 bits per heavy atom. The molecule has 29 heavy (non-hydrogen) atoms. The minimum atomic E-state index is -0.0170. The fourth-order valence-electron chi connectivity index (χ4n) is 4.17. The van der Waals surface area contributed by atoms with Crippen LogP contribution in [0, 0.1) is 6.92 Å². The smallest absolute Gasteiger partial charge is 0.231 e. The number of carbonyl (C=O) groups is 1. The van der Waals surface area contributed by atoms with Gasteiger partial charge in [0.15, 0.2) is 0 Å². The topological polar surface area (TPSA) is 46.4 Å². The van der Waals surface area contributed by atoms with Crippen LogP contribution in [-0.4, -0.2) is 17.9 Å². The van der Waals surface area contributed by atoms with Crippen LogP contribution in [0.1, 0.15) is 46.3 Å². The van der Waals surface area contributed by atoms with Gasteiger partial charge in [0.2, 0.25) is 5.91 Å². The van der Waals surface area contributed by atoms with Gasteiger partial charge < -0.3 is 10.2 Å². The molecule has 1 aromatic heterocycles. The van der Waals surface area contributed by atoms with Crippen molar-refractivity contribution < 1.29 is 9.69 Å². The molecule has 0 spiro atoms. The van der Waals surface area contributed by atoms with Crippen LogP contribution in [0.5, 0.6) is 0 Å². The van der Waals surface area contributed by atoms with E-state index in [4.69, 9.17) is 4.98 Å². The number of nitrogens with zero attached hydrogens (tertiary/aromatic N) is 1. The van der Waals surface area contributed by atoms with Crippen molar-refractivity contribution in [3.8, 4) is 0 Å². The van der Waals surface area contributed by atoms with E-state index >= 15 is 0 Å². The molecule has 2 aromatic carbocycles. The van der Waals surface area contributed by atoms with Crippen LogP contribution < -0.4 is 10.2 Å². The van der Waals surface area contributed by atoms with Crippen molar-refractivity contribution in [3.05, 3.63) is 81.3 Å². The van der Waals surface area contributed by atoms with Gasteiger partial charge in [-0.1, -0.05) is 42.0 Å². The number of aromatic nitrogens is 1. The van der Waals surface area contributed by atoms with E-state index in [1.165, 1.54) is 40.9 Å². The second-order valence-corrected chi connectivity index (χ2v) is 8.93. The highest BCUT2D eigenvalue weighted by molar-refractivity contribution is 7.09. The van der Waals surface area contributed by atoms with Crippen LogP contribution in [0.15, 0.2) is 53.9 Å². The Kier molecular flexibility index (Phi) is 6.07. The highest BCUT2D eigenvalue weighted by atomic mass is 32.1. The number of thiazole rings is 1. The van der Waals surface area contributed by atoms with Crippen molar-refractivity contribution >= 4 is 22.9 Å². The summed E-state index contributed by atoms with van der Waals surface area (Å²) in [6.07, 6.45) is 3.99. The molecule has 4 nitrogen and oxygen atoms in total. The maximum atomic E-state index is 12.3. The maximum Gasteiger partial charge on any atom is 0.231 e. The second kappa shape index (κ2) is 8.89. The number of aryl methyl sites for hydroxylation is 2. The number of hydrogen-bond donors (Lipinski definition) is 2. The first-order chi connectivity index (χ1) is 14.1. The van der Waals surface area contributed by atoms with E-state index in [0.717, 1.165) is 22.9 Å². The summed E-state index contributed by atoms with van der Waals surface area (Å²) in [5, 5.41) is 5.93. The summed E-state index contributed by atoms with van der Waals surface area (Å²) in [6.45, 7) is 2.92. The Morgan fingerprint density at radius 1 is 1.21 bits per heavy atom. The Bertz CT molecular complexity index is 980. The minimum absolute atomic E-state index is 0.0170. The molecule has 0 saturated carbocycles. The molecule has 0 radical (unpaired) electrons. The standard InChI is InChI=1S/C24H27N3OS/c1-17-10-12-19(13-11-17)25-23(28)14-24-26-20(16-29-24)15-27(2)22-9-5-7-18-6-3-4-8-21(18)22/h3-4,6,8,10-13,16,22H,5,7,9,14-15H2,1-2H3,(H,25,28)/p+1/t22-/m0/s1. The Morgan fingerprint density at radius 2 is 2.00 bits per heavy atom. The van der Waals surface area contributed by atoms with Crippen LogP contribution in [0.3, 0.4) is 0 Å². The summed E-state index contributed by atoms with van der Waals surface area (Å²) >= 11 is 1.58. The van der Waals surface area contributed by atoms with Crippen molar-refractivity contribution in [1.82, 2.24) is 4.98 Å². The first-order valence-corrected chi connectivity index (χ1v) is 11.2. The third-order valence-electron chi connectivity index (χ3n) is 5.67. The van der Waals surface area contributed by atoms with Gasteiger partial charge >= 0.3 is 0 Å². The highest BCUT2D eigenvalue weighted by Crippen LogP contribution is 2.27. The molecule has 2 atom stereocenters. The van der Waals surface area contributed by atoms with Gasteiger partial charge in [-0.05, 0) is 37.5 Å². The first-order valence-electron chi connectivity index (χ1n) is 10.3. The van der Waals surface area contributed by atoms with E-state index in [0.29, 0.717) is 12.5 Å². The fourth-order valence-corrected chi connectivity index (χ4v) is 4.96. The van der Waals surface area contributed by atoms with Gasteiger partial charge in [-0.25, -0.2) is 4.98 Å². The number of benzene rings is 2. The predicted molar refractivity (Wildman–Crippen MR) is 118 cm³/mol. The van der Waals surface area contributed by atoms with E-state index in [1.54, 1.807) is 11.3 Å². The van der Waals surface area contributed by atoms with Crippen molar-refractivity contribution in [1.29, 1.82) is 0 Å². The van der Waals surface area contributed by atoms with Crippen molar-refractivity contribution in [2.24, 2.45) is 0 Å². The fraction of sp³-hybridized carbons (Fsp3) is 0.333. The Balaban J connectivity index is 1.36. The molecule has 1 unspecified atom stereocenters. The molecule has 0 fully saturated rings. The third-order valence-corrected chi connectivity index (χ3v) is 6.57. The van der Waals surface area contributed by atoms with Gasteiger partial charge in [0.05, 0.1) is 13.5 Å². The molecule has 5 heteroatoms. The molecule has 0 bridgehead atoms. The molecule has 3 aromatic rings. The van der Waals surface area contributed by atoms with Crippen LogP contribution in [0.25, 0.3) is 0 Å². The van der Waals surface area contributed by atoms with E-state index in [-0.39, 0.29) is 5.91 Å². The molecule has 1 heterocycles. The molecular formula is C24H28N3OS+. The lowest BCUT2D eigenvalue weighted by atomic mass is 9.87. The lowest BCUT2D eigenvalue weighted by molar-refractivity contribution is -0.927. The number of amides is 1. The molecule has 2 N–H and O–H groups in total. The van der Waals surface area contributed by atoms with Gasteiger partial charge in [-0.2, -0.15) is 0 Å². The lowest BCUT2D eigenvalue weighted by Crippen LogP contribution is -3.08. The van der Waals surface area contributed by atoms with Gasteiger partial charge in [0, 0.05) is 23.1 Å². The average molecular weight is 407 g/mol. The van der Waals surface area contributed by atoms with E-state index < -0.39 is 0 Å². The van der Waals surface area contributed by atoms with E-state index in [1.807, 2.05) is 31.2 Å². The van der Waals surface area contributed by atoms with Gasteiger partial charge in [0.25, 0.3) is 0 Å². The summed E-state index contributed by atoms with van der Waals surface area (Å²) in [5.41, 5.74) is 6.07. The number of carbonyl (C=O) groups excluding carboxylic acids is 1. The van der Waals surface area contributed by atoms with Crippen LogP contribution in [-0.2, 0) is 24.2 Å². The van der Waals surface area contributed by atoms with Crippen LogP contribution in [0.4, 0.5) is 5.69 Å². The predicted octanol–water partition coefficient (Wildman–Crippen LogP) is 3.73. The first kappa shape index (κ1) is 19.8. The SMILES string of the molecule is Cc1ccc(NC(=O)Cc2nc(C[NH+](C)[C@H]3CCCc4ccccc43)cs2)cc1. The van der Waals surface area contributed by atoms with Gasteiger partial charge in [0.1, 0.15) is 23.3 Å². The molecule has 0 aliphatic heterocycles. The summed E-state index contributed by atoms with van der Waals surface area (Å²) in [4.78, 5) is 18.5. The van der Waals surface area contributed by atoms with Crippen molar-refractivity contribution in [3.63, 3.8) is 0 Å². The van der Waals surface area contributed by atoms with Gasteiger partial charge in [-0.15, -0.1) is 11.3 Å². The van der Waals surface area contributed by atoms with Crippen LogP contribution in [0.2, 0.25) is 0 Å². The Hall–Kier alpha value is -2.50. The highest BCUT2D eigenvalue weighted by Gasteiger charge is 2.27. The second-order valence-electron chi connectivity index (χ2n) is 7.99. The minimum Gasteiger partial charge on any atom is -0.326 e. The van der Waals surface area contributed by atoms with Gasteiger partial charge in [-0.3, -0.25) is 4.79 Å². The summed E-state index contributed by atoms with van der Waals surface area (Å²) in [5.74, 6) is -0.0170. The Labute approximate surface area is 176 Å². The zero-order valence-corrected chi connectivity index (χ0v) is 17.9. The molecule has 1 amide bonds. The van der Waals surface area contributed by atoms with E-state index in [2.05, 4.69) is 42.0 Å². The number of quaternary nitrogens is 1. The zero-order chi connectivity index (χ0) is 20.2. The molecule has 0 saturated heterocycles. The number of nitrogens with one attached hydrogen (secondary N) is 2.